The van der Waals surface area contributed by atoms with Crippen LogP contribution in [0.15, 0.2) is 55.1 Å². The van der Waals surface area contributed by atoms with Gasteiger partial charge in [0.1, 0.15) is 5.82 Å². The maximum absolute atomic E-state index is 15.2. The summed E-state index contributed by atoms with van der Waals surface area (Å²) in [7, 11) is 0. The highest BCUT2D eigenvalue weighted by atomic mass is 19.3. The molecule has 0 spiro atoms. The van der Waals surface area contributed by atoms with Crippen molar-refractivity contribution in [2.45, 2.75) is 70.8 Å². The van der Waals surface area contributed by atoms with Gasteiger partial charge in [0.15, 0.2) is 17.4 Å². The Labute approximate surface area is 215 Å². The van der Waals surface area contributed by atoms with Crippen molar-refractivity contribution < 1.29 is 26.7 Å². The quantitative estimate of drug-likeness (QED) is 0.182. The number of aryl methyl sites for hydroxylation is 3. The Balaban J connectivity index is 1.35. The SMILES string of the molecule is C=CCCC1CCC(CCc2ccc3c(F)c(CCc4cc(F)c(OC(F)F)c(F)c4)ccc3c2)CC1. The summed E-state index contributed by atoms with van der Waals surface area (Å²) in [6, 6.07) is 11.3. The predicted octanol–water partition coefficient (Wildman–Crippen LogP) is 9.35. The Bertz CT molecular complexity index is 1190. The van der Waals surface area contributed by atoms with Gasteiger partial charge in [0.2, 0.25) is 0 Å². The topological polar surface area (TPSA) is 9.23 Å². The molecule has 1 aliphatic rings. The molecule has 0 aliphatic heterocycles. The summed E-state index contributed by atoms with van der Waals surface area (Å²) >= 11 is 0. The number of ether oxygens (including phenoxy) is 1. The molecule has 3 aromatic carbocycles. The number of rotatable bonds is 11. The van der Waals surface area contributed by atoms with E-state index >= 15 is 4.39 Å². The van der Waals surface area contributed by atoms with Gasteiger partial charge in [-0.15, -0.1) is 6.58 Å². The van der Waals surface area contributed by atoms with Crippen molar-refractivity contribution >= 4 is 10.8 Å². The van der Waals surface area contributed by atoms with Crippen LogP contribution in [0.4, 0.5) is 22.0 Å². The van der Waals surface area contributed by atoms with Gasteiger partial charge in [-0.2, -0.15) is 8.78 Å². The van der Waals surface area contributed by atoms with E-state index in [-0.39, 0.29) is 24.2 Å². The number of fused-ring (bicyclic) bond motifs is 1. The predicted molar refractivity (Wildman–Crippen MR) is 138 cm³/mol. The molecule has 1 fully saturated rings. The van der Waals surface area contributed by atoms with Crippen molar-refractivity contribution in [3.63, 3.8) is 0 Å². The molecule has 0 N–H and O–H groups in total. The highest BCUT2D eigenvalue weighted by Gasteiger charge is 2.21. The van der Waals surface area contributed by atoms with Crippen LogP contribution in [0, 0.1) is 29.3 Å². The van der Waals surface area contributed by atoms with Gasteiger partial charge in [0.05, 0.1) is 0 Å². The van der Waals surface area contributed by atoms with Crippen LogP contribution in [0.5, 0.6) is 5.75 Å². The first kappa shape index (κ1) is 27.2. The molecule has 1 nitrogen and oxygen atoms in total. The van der Waals surface area contributed by atoms with Crippen molar-refractivity contribution in [3.8, 4) is 5.75 Å². The highest BCUT2D eigenvalue weighted by Crippen LogP contribution is 2.34. The second-order valence-corrected chi connectivity index (χ2v) is 10.2. The van der Waals surface area contributed by atoms with Crippen molar-refractivity contribution in [3.05, 3.63) is 89.3 Å². The van der Waals surface area contributed by atoms with Crippen LogP contribution in [-0.4, -0.2) is 6.61 Å². The molecule has 6 heteroatoms. The lowest BCUT2D eigenvalue weighted by Gasteiger charge is -2.28. The van der Waals surface area contributed by atoms with Gasteiger partial charge in [-0.1, -0.05) is 62.1 Å². The Morgan fingerprint density at radius 1 is 0.811 bits per heavy atom. The molecule has 0 saturated heterocycles. The summed E-state index contributed by atoms with van der Waals surface area (Å²) in [5.74, 6) is -2.28. The van der Waals surface area contributed by atoms with Crippen LogP contribution in [-0.2, 0) is 19.3 Å². The third-order valence-corrected chi connectivity index (χ3v) is 7.63. The fourth-order valence-corrected chi connectivity index (χ4v) is 5.51. The zero-order valence-electron chi connectivity index (χ0n) is 20.9. The molecule has 37 heavy (non-hydrogen) atoms. The molecule has 0 aromatic heterocycles. The molecule has 0 atom stereocenters. The second-order valence-electron chi connectivity index (χ2n) is 10.2. The molecule has 0 amide bonds. The largest absolute Gasteiger partial charge is 0.429 e. The first-order chi connectivity index (χ1) is 17.8. The average molecular weight is 517 g/mol. The van der Waals surface area contributed by atoms with Gasteiger partial charge < -0.3 is 4.74 Å². The van der Waals surface area contributed by atoms with Crippen LogP contribution in [0.2, 0.25) is 0 Å². The van der Waals surface area contributed by atoms with Gasteiger partial charge in [-0.25, -0.2) is 13.2 Å². The number of halogens is 5. The number of alkyl halides is 2. The molecule has 0 heterocycles. The molecule has 0 unspecified atom stereocenters. The summed E-state index contributed by atoms with van der Waals surface area (Å²) < 4.78 is 71.7. The third-order valence-electron chi connectivity index (χ3n) is 7.63. The summed E-state index contributed by atoms with van der Waals surface area (Å²) in [6.45, 7) is 0.496. The van der Waals surface area contributed by atoms with Gasteiger partial charge in [0.25, 0.3) is 0 Å². The monoisotopic (exact) mass is 516 g/mol. The van der Waals surface area contributed by atoms with E-state index in [1.165, 1.54) is 37.7 Å². The molecule has 0 bridgehead atoms. The molecule has 3 aromatic rings. The number of hydrogen-bond donors (Lipinski definition) is 0. The summed E-state index contributed by atoms with van der Waals surface area (Å²) in [6.07, 6.45) is 12.0. The van der Waals surface area contributed by atoms with E-state index < -0.39 is 24.0 Å². The first-order valence-corrected chi connectivity index (χ1v) is 13.1. The van der Waals surface area contributed by atoms with Crippen LogP contribution >= 0.6 is 0 Å². The van der Waals surface area contributed by atoms with E-state index in [1.54, 1.807) is 6.07 Å². The second kappa shape index (κ2) is 12.6. The lowest BCUT2D eigenvalue weighted by Crippen LogP contribution is -2.15. The third kappa shape index (κ3) is 7.12. The molecule has 198 valence electrons. The van der Waals surface area contributed by atoms with E-state index in [4.69, 9.17) is 0 Å². The van der Waals surface area contributed by atoms with E-state index in [9.17, 15) is 17.6 Å². The van der Waals surface area contributed by atoms with E-state index in [2.05, 4.69) is 11.3 Å². The first-order valence-electron chi connectivity index (χ1n) is 13.1. The molecule has 0 radical (unpaired) electrons. The summed E-state index contributed by atoms with van der Waals surface area (Å²) in [5.41, 5.74) is 1.87. The van der Waals surface area contributed by atoms with Crippen molar-refractivity contribution in [2.75, 3.05) is 0 Å². The zero-order valence-corrected chi connectivity index (χ0v) is 20.9. The summed E-state index contributed by atoms with van der Waals surface area (Å²) in [4.78, 5) is 0. The molecular weight excluding hydrogens is 483 g/mol. The minimum Gasteiger partial charge on any atom is -0.429 e. The van der Waals surface area contributed by atoms with Crippen LogP contribution < -0.4 is 4.74 Å². The van der Waals surface area contributed by atoms with E-state index in [0.29, 0.717) is 10.9 Å². The van der Waals surface area contributed by atoms with Crippen molar-refractivity contribution in [1.29, 1.82) is 0 Å². The van der Waals surface area contributed by atoms with Crippen LogP contribution in [0.3, 0.4) is 0 Å². The number of benzene rings is 3. The average Bonchev–Trinajstić information content (AvgIpc) is 2.88. The smallest absolute Gasteiger partial charge is 0.387 e. The normalized spacial score (nSPS) is 17.9. The Morgan fingerprint density at radius 2 is 1.49 bits per heavy atom. The van der Waals surface area contributed by atoms with E-state index in [0.717, 1.165) is 48.6 Å². The van der Waals surface area contributed by atoms with Crippen LogP contribution in [0.1, 0.15) is 61.6 Å². The highest BCUT2D eigenvalue weighted by molar-refractivity contribution is 5.84. The van der Waals surface area contributed by atoms with Gasteiger partial charge in [-0.3, -0.25) is 0 Å². The fourth-order valence-electron chi connectivity index (χ4n) is 5.51. The van der Waals surface area contributed by atoms with Gasteiger partial charge >= 0.3 is 6.61 Å². The van der Waals surface area contributed by atoms with Gasteiger partial charge in [-0.05, 0) is 84.6 Å². The molecular formula is C31H33F5O. The standard InChI is InChI=1S/C31H33F5O/c1-2-3-4-20-5-7-21(8-6-20)9-10-22-12-16-26-25(17-22)15-14-24(29(26)34)13-11-23-18-27(32)30(28(33)19-23)37-31(35)36/h2,12,14-21,31H,1,3-11,13H2. The van der Waals surface area contributed by atoms with Crippen molar-refractivity contribution in [1.82, 2.24) is 0 Å². The lowest BCUT2D eigenvalue weighted by atomic mass is 9.78. The number of allylic oxidation sites excluding steroid dienone is 1. The summed E-state index contributed by atoms with van der Waals surface area (Å²) in [5, 5.41) is 1.35. The maximum Gasteiger partial charge on any atom is 0.387 e. The maximum atomic E-state index is 15.2. The molecule has 4 rings (SSSR count). The Morgan fingerprint density at radius 3 is 2.14 bits per heavy atom. The Hall–Kier alpha value is -2.89. The zero-order chi connectivity index (χ0) is 26.4. The lowest BCUT2D eigenvalue weighted by molar-refractivity contribution is -0.0546. The fraction of sp³-hybridized carbons (Fsp3) is 0.419. The number of hydrogen-bond acceptors (Lipinski definition) is 1. The van der Waals surface area contributed by atoms with Crippen LogP contribution in [0.25, 0.3) is 10.8 Å². The molecule has 1 aliphatic carbocycles. The minimum absolute atomic E-state index is 0.152. The Kier molecular flexibility index (Phi) is 9.23. The van der Waals surface area contributed by atoms with Crippen molar-refractivity contribution in [2.24, 2.45) is 11.8 Å². The van der Waals surface area contributed by atoms with Gasteiger partial charge in [0, 0.05) is 5.39 Å². The van der Waals surface area contributed by atoms with E-state index in [1.807, 2.05) is 30.3 Å². The molecule has 1 saturated carbocycles. The minimum atomic E-state index is -3.32.